The van der Waals surface area contributed by atoms with Crippen molar-refractivity contribution in [3.63, 3.8) is 0 Å². The second-order valence-electron chi connectivity index (χ2n) is 7.12. The lowest BCUT2D eigenvalue weighted by Gasteiger charge is -2.24. The lowest BCUT2D eigenvalue weighted by molar-refractivity contribution is -0.127. The molecule has 0 atom stereocenters. The summed E-state index contributed by atoms with van der Waals surface area (Å²) in [7, 11) is -0.791. The minimum absolute atomic E-state index is 0.0462. The molecular weight excluding hydrogens is 404 g/mol. The van der Waals surface area contributed by atoms with E-state index in [0.717, 1.165) is 0 Å². The molecule has 1 heterocycles. The zero-order chi connectivity index (χ0) is 20.7. The van der Waals surface area contributed by atoms with Crippen molar-refractivity contribution in [2.45, 2.75) is 18.7 Å². The lowest BCUT2D eigenvalue weighted by Crippen LogP contribution is -2.39. The number of rotatable bonds is 4. The van der Waals surface area contributed by atoms with Crippen molar-refractivity contribution < 1.29 is 22.7 Å². The van der Waals surface area contributed by atoms with Gasteiger partial charge in [0.05, 0.1) is 28.9 Å². The molecule has 1 amide bonds. The van der Waals surface area contributed by atoms with E-state index < -0.39 is 15.4 Å². The first-order chi connectivity index (χ1) is 13.0. The van der Waals surface area contributed by atoms with Gasteiger partial charge >= 0.3 is 0 Å². The van der Waals surface area contributed by atoms with Gasteiger partial charge in [0, 0.05) is 19.2 Å². The third-order valence-corrected chi connectivity index (χ3v) is 6.34. The number of benzene rings is 2. The van der Waals surface area contributed by atoms with Crippen LogP contribution in [0.2, 0.25) is 5.02 Å². The summed E-state index contributed by atoms with van der Waals surface area (Å²) < 4.78 is 38.8. The van der Waals surface area contributed by atoms with Crippen LogP contribution in [0.3, 0.4) is 0 Å². The molecule has 0 aliphatic carbocycles. The molecule has 0 fully saturated rings. The number of ether oxygens (including phenoxy) is 2. The molecule has 150 valence electrons. The number of anilines is 2. The van der Waals surface area contributed by atoms with Gasteiger partial charge in [-0.1, -0.05) is 11.6 Å². The Kier molecular flexibility index (Phi) is 5.20. The molecule has 1 N–H and O–H groups in total. The molecular formula is C19H21ClN2O5S. The van der Waals surface area contributed by atoms with Crippen LogP contribution in [0.15, 0.2) is 41.3 Å². The number of hydrogen-bond donors (Lipinski definition) is 1. The van der Waals surface area contributed by atoms with E-state index in [1.807, 2.05) is 0 Å². The Morgan fingerprint density at radius 2 is 1.93 bits per heavy atom. The predicted octanol–water partition coefficient (Wildman–Crippen LogP) is 3.53. The number of nitrogens with zero attached hydrogens (tertiary/aromatic N) is 1. The Hall–Kier alpha value is -2.45. The highest BCUT2D eigenvalue weighted by Crippen LogP contribution is 2.38. The van der Waals surface area contributed by atoms with Crippen LogP contribution in [0.4, 0.5) is 11.4 Å². The Labute approximate surface area is 169 Å². The number of amides is 1. The number of nitrogens with one attached hydrogen (secondary N) is 1. The molecule has 2 aromatic carbocycles. The van der Waals surface area contributed by atoms with Crippen molar-refractivity contribution in [2.75, 3.05) is 30.4 Å². The van der Waals surface area contributed by atoms with E-state index in [2.05, 4.69) is 4.72 Å². The Bertz CT molecular complexity index is 1040. The SMILES string of the molecule is COc1ccc(S(=O)(=O)Nc2ccc3c(c2)OCC(C)(C)C(=O)N3C)c(Cl)c1. The zero-order valence-corrected chi connectivity index (χ0v) is 17.5. The highest BCUT2D eigenvalue weighted by atomic mass is 35.5. The normalized spacial score (nSPS) is 16.0. The molecule has 0 spiro atoms. The van der Waals surface area contributed by atoms with Crippen LogP contribution < -0.4 is 19.1 Å². The van der Waals surface area contributed by atoms with Crippen molar-refractivity contribution in [2.24, 2.45) is 5.41 Å². The van der Waals surface area contributed by atoms with Crippen molar-refractivity contribution in [3.05, 3.63) is 41.4 Å². The van der Waals surface area contributed by atoms with Crippen LogP contribution >= 0.6 is 11.6 Å². The molecule has 28 heavy (non-hydrogen) atoms. The summed E-state index contributed by atoms with van der Waals surface area (Å²) in [5.41, 5.74) is 0.177. The molecule has 0 radical (unpaired) electrons. The number of fused-ring (bicyclic) bond motifs is 1. The van der Waals surface area contributed by atoms with Gasteiger partial charge in [0.2, 0.25) is 5.91 Å². The maximum Gasteiger partial charge on any atom is 0.263 e. The monoisotopic (exact) mass is 424 g/mol. The summed E-state index contributed by atoms with van der Waals surface area (Å²) in [4.78, 5) is 14.0. The summed E-state index contributed by atoms with van der Waals surface area (Å²) in [6.07, 6.45) is 0. The molecule has 0 aromatic heterocycles. The minimum Gasteiger partial charge on any atom is -0.497 e. The number of sulfonamides is 1. The minimum atomic E-state index is -3.93. The fourth-order valence-corrected chi connectivity index (χ4v) is 4.48. The molecule has 0 saturated heterocycles. The van der Waals surface area contributed by atoms with Crippen LogP contribution in [0.5, 0.6) is 11.5 Å². The smallest absolute Gasteiger partial charge is 0.263 e. The van der Waals surface area contributed by atoms with Gasteiger partial charge in [0.15, 0.2) is 0 Å². The van der Waals surface area contributed by atoms with Crippen molar-refractivity contribution in [1.29, 1.82) is 0 Å². The van der Waals surface area contributed by atoms with E-state index in [-0.39, 0.29) is 22.4 Å². The van der Waals surface area contributed by atoms with Crippen molar-refractivity contribution in [3.8, 4) is 11.5 Å². The number of carbonyl (C=O) groups excluding carboxylic acids is 1. The van der Waals surface area contributed by atoms with E-state index in [0.29, 0.717) is 22.9 Å². The highest BCUT2D eigenvalue weighted by molar-refractivity contribution is 7.92. The fraction of sp³-hybridized carbons (Fsp3) is 0.316. The maximum atomic E-state index is 12.7. The summed E-state index contributed by atoms with van der Waals surface area (Å²) >= 11 is 6.09. The number of methoxy groups -OCH3 is 1. The quantitative estimate of drug-likeness (QED) is 0.811. The molecule has 7 nitrogen and oxygen atoms in total. The number of halogens is 1. The summed E-state index contributed by atoms with van der Waals surface area (Å²) in [6.45, 7) is 3.78. The molecule has 1 aliphatic rings. The van der Waals surface area contributed by atoms with Gasteiger partial charge in [0.1, 0.15) is 23.0 Å². The van der Waals surface area contributed by atoms with Crippen LogP contribution in [0.1, 0.15) is 13.8 Å². The number of hydrogen-bond acceptors (Lipinski definition) is 5. The van der Waals surface area contributed by atoms with Crippen LogP contribution in [-0.4, -0.2) is 35.1 Å². The first kappa shape index (κ1) is 20.3. The second kappa shape index (κ2) is 7.18. The van der Waals surface area contributed by atoms with Crippen LogP contribution in [0, 0.1) is 5.41 Å². The fourth-order valence-electron chi connectivity index (χ4n) is 2.89. The van der Waals surface area contributed by atoms with E-state index in [4.69, 9.17) is 21.1 Å². The average Bonchev–Trinajstić information content (AvgIpc) is 2.71. The molecule has 3 rings (SSSR count). The first-order valence-electron chi connectivity index (χ1n) is 8.46. The standard InChI is InChI=1S/C19H21ClN2O5S/c1-19(2)11-27-16-9-12(5-7-15(16)22(3)18(19)23)21-28(24,25)17-8-6-13(26-4)10-14(17)20/h5-10,21H,11H2,1-4H3. The van der Waals surface area contributed by atoms with Crippen molar-refractivity contribution >= 4 is 38.9 Å². The third-order valence-electron chi connectivity index (χ3n) is 4.47. The van der Waals surface area contributed by atoms with Gasteiger partial charge < -0.3 is 14.4 Å². The van der Waals surface area contributed by atoms with E-state index in [1.54, 1.807) is 39.1 Å². The van der Waals surface area contributed by atoms with Crippen LogP contribution in [-0.2, 0) is 14.8 Å². The number of carbonyl (C=O) groups is 1. The average molecular weight is 425 g/mol. The molecule has 0 bridgehead atoms. The van der Waals surface area contributed by atoms with Gasteiger partial charge in [-0.3, -0.25) is 9.52 Å². The predicted molar refractivity (Wildman–Crippen MR) is 108 cm³/mol. The third kappa shape index (κ3) is 3.74. The largest absolute Gasteiger partial charge is 0.497 e. The molecule has 9 heteroatoms. The summed E-state index contributed by atoms with van der Waals surface area (Å²) in [6, 6.07) is 9.08. The van der Waals surface area contributed by atoms with Gasteiger partial charge in [0.25, 0.3) is 10.0 Å². The first-order valence-corrected chi connectivity index (χ1v) is 10.3. The van der Waals surface area contributed by atoms with E-state index >= 15 is 0 Å². The van der Waals surface area contributed by atoms with Gasteiger partial charge in [-0.05, 0) is 38.1 Å². The van der Waals surface area contributed by atoms with Gasteiger partial charge in [-0.15, -0.1) is 0 Å². The van der Waals surface area contributed by atoms with E-state index in [1.165, 1.54) is 30.2 Å². The van der Waals surface area contributed by atoms with Gasteiger partial charge in [-0.25, -0.2) is 8.42 Å². The lowest BCUT2D eigenvalue weighted by atomic mass is 9.93. The molecule has 2 aromatic rings. The van der Waals surface area contributed by atoms with Crippen molar-refractivity contribution in [1.82, 2.24) is 0 Å². The van der Waals surface area contributed by atoms with Crippen LogP contribution in [0.25, 0.3) is 0 Å². The maximum absolute atomic E-state index is 12.7. The van der Waals surface area contributed by atoms with E-state index in [9.17, 15) is 13.2 Å². The summed E-state index contributed by atoms with van der Waals surface area (Å²) in [5, 5.41) is 0.0462. The molecule has 0 saturated carbocycles. The Morgan fingerprint density at radius 3 is 2.57 bits per heavy atom. The molecule has 1 aliphatic heterocycles. The summed E-state index contributed by atoms with van der Waals surface area (Å²) in [5.74, 6) is 0.796. The zero-order valence-electron chi connectivity index (χ0n) is 15.9. The topological polar surface area (TPSA) is 84.9 Å². The highest BCUT2D eigenvalue weighted by Gasteiger charge is 2.36. The Balaban J connectivity index is 1.93. The second-order valence-corrected chi connectivity index (χ2v) is 9.18. The Morgan fingerprint density at radius 1 is 1.21 bits per heavy atom. The van der Waals surface area contributed by atoms with Gasteiger partial charge in [-0.2, -0.15) is 0 Å². The molecule has 0 unspecified atom stereocenters.